The standard InChI is InChI=1S/C12H23N3O4/c1-14-11(16)10-8-19-7-5-15(10)12(17)9(13)4-3-6-18-2/h9-10H,3-8,13H2,1-2H3,(H,14,16). The van der Waals surface area contributed by atoms with Gasteiger partial charge in [0.05, 0.1) is 19.3 Å². The molecule has 1 heterocycles. The van der Waals surface area contributed by atoms with Crippen molar-refractivity contribution in [2.45, 2.75) is 24.9 Å². The Balaban J connectivity index is 2.58. The van der Waals surface area contributed by atoms with Crippen LogP contribution < -0.4 is 11.1 Å². The average Bonchev–Trinajstić information content (AvgIpc) is 2.45. The maximum absolute atomic E-state index is 12.2. The summed E-state index contributed by atoms with van der Waals surface area (Å²) in [6, 6.07) is -1.18. The molecular weight excluding hydrogens is 250 g/mol. The summed E-state index contributed by atoms with van der Waals surface area (Å²) in [5.74, 6) is -0.426. The third-order valence-electron chi connectivity index (χ3n) is 3.14. The van der Waals surface area contributed by atoms with Gasteiger partial charge in [-0.15, -0.1) is 0 Å². The molecule has 3 N–H and O–H groups in total. The minimum absolute atomic E-state index is 0.201. The van der Waals surface area contributed by atoms with Crippen LogP contribution in [0.3, 0.4) is 0 Å². The van der Waals surface area contributed by atoms with Gasteiger partial charge in [0.15, 0.2) is 0 Å². The van der Waals surface area contributed by atoms with Crippen molar-refractivity contribution >= 4 is 11.8 Å². The highest BCUT2D eigenvalue weighted by atomic mass is 16.5. The highest BCUT2D eigenvalue weighted by Gasteiger charge is 2.34. The van der Waals surface area contributed by atoms with Crippen molar-refractivity contribution in [2.75, 3.05) is 40.5 Å². The number of ether oxygens (including phenoxy) is 2. The molecule has 0 aromatic heterocycles. The molecule has 110 valence electrons. The van der Waals surface area contributed by atoms with Gasteiger partial charge in [-0.2, -0.15) is 0 Å². The van der Waals surface area contributed by atoms with Crippen molar-refractivity contribution in [3.8, 4) is 0 Å². The van der Waals surface area contributed by atoms with Crippen LogP contribution in [0.15, 0.2) is 0 Å². The van der Waals surface area contributed by atoms with Crippen molar-refractivity contribution in [1.29, 1.82) is 0 Å². The number of hydrogen-bond acceptors (Lipinski definition) is 5. The first-order valence-corrected chi connectivity index (χ1v) is 6.46. The topological polar surface area (TPSA) is 93.9 Å². The Hall–Kier alpha value is -1.18. The fourth-order valence-corrected chi connectivity index (χ4v) is 2.04. The van der Waals surface area contributed by atoms with Crippen LogP contribution in [0, 0.1) is 0 Å². The normalized spacial score (nSPS) is 21.0. The van der Waals surface area contributed by atoms with Crippen LogP contribution in [0.5, 0.6) is 0 Å². The van der Waals surface area contributed by atoms with Crippen molar-refractivity contribution in [3.05, 3.63) is 0 Å². The largest absolute Gasteiger partial charge is 0.385 e. The monoisotopic (exact) mass is 273 g/mol. The van der Waals surface area contributed by atoms with Gasteiger partial charge in [-0.1, -0.05) is 0 Å². The smallest absolute Gasteiger partial charge is 0.244 e. The number of nitrogens with zero attached hydrogens (tertiary/aromatic N) is 1. The highest BCUT2D eigenvalue weighted by Crippen LogP contribution is 2.10. The number of nitrogens with two attached hydrogens (primary N) is 1. The maximum Gasteiger partial charge on any atom is 0.244 e. The molecule has 0 spiro atoms. The molecular formula is C12H23N3O4. The van der Waals surface area contributed by atoms with Crippen LogP contribution in [-0.2, 0) is 19.1 Å². The molecule has 0 radical (unpaired) electrons. The third kappa shape index (κ3) is 4.45. The summed E-state index contributed by atoms with van der Waals surface area (Å²) in [7, 11) is 3.15. The second-order valence-corrected chi connectivity index (χ2v) is 4.48. The molecule has 7 heteroatoms. The zero-order valence-electron chi connectivity index (χ0n) is 11.6. The quantitative estimate of drug-likeness (QED) is 0.588. The van der Waals surface area contributed by atoms with Crippen molar-refractivity contribution in [3.63, 3.8) is 0 Å². The summed E-state index contributed by atoms with van der Waals surface area (Å²) >= 11 is 0. The second-order valence-electron chi connectivity index (χ2n) is 4.48. The number of rotatable bonds is 6. The van der Waals surface area contributed by atoms with E-state index in [-0.39, 0.29) is 18.4 Å². The molecule has 2 unspecified atom stereocenters. The molecule has 1 fully saturated rings. The molecule has 2 atom stereocenters. The van der Waals surface area contributed by atoms with E-state index in [0.717, 1.165) is 6.42 Å². The summed E-state index contributed by atoms with van der Waals surface area (Å²) in [5.41, 5.74) is 5.87. The summed E-state index contributed by atoms with van der Waals surface area (Å²) in [6.07, 6.45) is 1.27. The fraction of sp³-hybridized carbons (Fsp3) is 0.833. The number of carbonyl (C=O) groups is 2. The first kappa shape index (κ1) is 15.9. The van der Waals surface area contributed by atoms with Crippen LogP contribution in [0.4, 0.5) is 0 Å². The Labute approximate surface area is 113 Å². The molecule has 2 amide bonds. The predicted molar refractivity (Wildman–Crippen MR) is 69.5 cm³/mol. The van der Waals surface area contributed by atoms with Gasteiger partial charge in [-0.25, -0.2) is 0 Å². The van der Waals surface area contributed by atoms with Crippen molar-refractivity contribution < 1.29 is 19.1 Å². The summed E-state index contributed by atoms with van der Waals surface area (Å²) in [6.45, 7) is 1.62. The molecule has 0 saturated carbocycles. The zero-order valence-corrected chi connectivity index (χ0v) is 11.6. The molecule has 1 rings (SSSR count). The lowest BCUT2D eigenvalue weighted by Crippen LogP contribution is -2.58. The summed E-state index contributed by atoms with van der Waals surface area (Å²) < 4.78 is 10.2. The van der Waals surface area contributed by atoms with E-state index in [9.17, 15) is 9.59 Å². The lowest BCUT2D eigenvalue weighted by Gasteiger charge is -2.35. The Morgan fingerprint density at radius 3 is 2.95 bits per heavy atom. The number of hydrogen-bond donors (Lipinski definition) is 2. The van der Waals surface area contributed by atoms with Gasteiger partial charge in [-0.3, -0.25) is 9.59 Å². The molecule has 1 aliphatic heterocycles. The Morgan fingerprint density at radius 2 is 2.32 bits per heavy atom. The van der Waals surface area contributed by atoms with E-state index in [4.69, 9.17) is 15.2 Å². The van der Waals surface area contributed by atoms with E-state index < -0.39 is 12.1 Å². The number of methoxy groups -OCH3 is 1. The molecule has 1 aliphatic rings. The van der Waals surface area contributed by atoms with Crippen molar-refractivity contribution in [2.24, 2.45) is 5.73 Å². The van der Waals surface area contributed by atoms with Crippen LogP contribution in [0.1, 0.15) is 12.8 Å². The van der Waals surface area contributed by atoms with E-state index in [1.807, 2.05) is 0 Å². The number of carbonyl (C=O) groups excluding carboxylic acids is 2. The Morgan fingerprint density at radius 1 is 1.58 bits per heavy atom. The zero-order chi connectivity index (χ0) is 14.3. The SMILES string of the molecule is CNC(=O)C1COCCN1C(=O)C(N)CCCOC. The molecule has 7 nitrogen and oxygen atoms in total. The fourth-order valence-electron chi connectivity index (χ4n) is 2.04. The van der Waals surface area contributed by atoms with Gasteiger partial charge in [0, 0.05) is 27.3 Å². The van der Waals surface area contributed by atoms with Crippen LogP contribution in [0.25, 0.3) is 0 Å². The van der Waals surface area contributed by atoms with Gasteiger partial charge in [0.25, 0.3) is 0 Å². The van der Waals surface area contributed by atoms with E-state index >= 15 is 0 Å². The molecule has 0 aromatic rings. The van der Waals surface area contributed by atoms with Crippen LogP contribution in [-0.4, -0.2) is 69.3 Å². The highest BCUT2D eigenvalue weighted by molar-refractivity contribution is 5.89. The first-order chi connectivity index (χ1) is 9.11. The van der Waals surface area contributed by atoms with Gasteiger partial charge in [-0.05, 0) is 12.8 Å². The first-order valence-electron chi connectivity index (χ1n) is 6.46. The number of nitrogens with one attached hydrogen (secondary N) is 1. The van der Waals surface area contributed by atoms with Crippen LogP contribution in [0.2, 0.25) is 0 Å². The van der Waals surface area contributed by atoms with E-state index in [1.54, 1.807) is 7.11 Å². The minimum Gasteiger partial charge on any atom is -0.385 e. The molecule has 0 bridgehead atoms. The van der Waals surface area contributed by atoms with E-state index in [2.05, 4.69) is 5.32 Å². The Bertz CT molecular complexity index is 311. The number of morpholine rings is 1. The van der Waals surface area contributed by atoms with Gasteiger partial charge >= 0.3 is 0 Å². The molecule has 1 saturated heterocycles. The van der Waals surface area contributed by atoms with Crippen LogP contribution >= 0.6 is 0 Å². The Kier molecular flexibility index (Phi) is 6.75. The number of likely N-dealkylation sites (N-methyl/N-ethyl adjacent to an activating group) is 1. The predicted octanol–water partition coefficient (Wildman–Crippen LogP) is -1.29. The average molecular weight is 273 g/mol. The number of amides is 2. The summed E-state index contributed by atoms with van der Waals surface area (Å²) in [5, 5.41) is 2.54. The molecule has 19 heavy (non-hydrogen) atoms. The van der Waals surface area contributed by atoms with Gasteiger partial charge < -0.3 is 25.4 Å². The van der Waals surface area contributed by atoms with Gasteiger partial charge in [0.1, 0.15) is 6.04 Å². The molecule has 0 aliphatic carbocycles. The lowest BCUT2D eigenvalue weighted by molar-refractivity contribution is -0.149. The van der Waals surface area contributed by atoms with E-state index in [0.29, 0.717) is 26.2 Å². The van der Waals surface area contributed by atoms with Gasteiger partial charge in [0.2, 0.25) is 11.8 Å². The lowest BCUT2D eigenvalue weighted by atomic mass is 10.1. The third-order valence-corrected chi connectivity index (χ3v) is 3.14. The molecule has 0 aromatic carbocycles. The second kappa shape index (κ2) is 8.08. The summed E-state index contributed by atoms with van der Waals surface area (Å²) in [4.78, 5) is 25.5. The maximum atomic E-state index is 12.2. The van der Waals surface area contributed by atoms with Crippen molar-refractivity contribution in [1.82, 2.24) is 10.2 Å². The van der Waals surface area contributed by atoms with E-state index in [1.165, 1.54) is 11.9 Å². The minimum atomic E-state index is -0.597.